The van der Waals surface area contributed by atoms with E-state index in [-0.39, 0.29) is 0 Å². The Hall–Kier alpha value is -0.980. The fourth-order valence-electron chi connectivity index (χ4n) is 8.73. The SMILES string of the molecule is C=CN(/C=C\C)CCC1=CCC2C3CCC4CC(CCC)CCC4(C)C3CCC12C. The fraction of sp³-hybridized carbons (Fsp3) is 0.793. The number of hydrogen-bond acceptors (Lipinski definition) is 1. The summed E-state index contributed by atoms with van der Waals surface area (Å²) < 4.78 is 0. The molecule has 3 fully saturated rings. The highest BCUT2D eigenvalue weighted by Gasteiger charge is 2.58. The second kappa shape index (κ2) is 8.87. The Kier molecular flexibility index (Phi) is 6.57. The molecular formula is C29H47N. The summed E-state index contributed by atoms with van der Waals surface area (Å²) in [6.07, 6.45) is 24.9. The van der Waals surface area contributed by atoms with Crippen LogP contribution in [0.3, 0.4) is 0 Å². The van der Waals surface area contributed by atoms with Gasteiger partial charge in [-0.2, -0.15) is 0 Å². The zero-order chi connectivity index (χ0) is 21.4. The summed E-state index contributed by atoms with van der Waals surface area (Å²) in [6, 6.07) is 0. The molecule has 0 aromatic heterocycles. The molecule has 0 saturated heterocycles. The molecule has 0 aromatic rings. The van der Waals surface area contributed by atoms with E-state index in [2.05, 4.69) is 57.5 Å². The average molecular weight is 410 g/mol. The van der Waals surface area contributed by atoms with E-state index < -0.39 is 0 Å². The minimum atomic E-state index is 0.465. The van der Waals surface area contributed by atoms with Gasteiger partial charge in [-0.05, 0) is 118 Å². The zero-order valence-corrected chi connectivity index (χ0v) is 20.3. The maximum atomic E-state index is 4.00. The van der Waals surface area contributed by atoms with Crippen LogP contribution in [-0.2, 0) is 0 Å². The molecule has 0 aliphatic heterocycles. The predicted molar refractivity (Wildman–Crippen MR) is 130 cm³/mol. The van der Waals surface area contributed by atoms with Crippen LogP contribution in [0.2, 0.25) is 0 Å². The summed E-state index contributed by atoms with van der Waals surface area (Å²) in [6.45, 7) is 14.9. The monoisotopic (exact) mass is 409 g/mol. The van der Waals surface area contributed by atoms with E-state index in [0.29, 0.717) is 10.8 Å². The Morgan fingerprint density at radius 2 is 1.97 bits per heavy atom. The van der Waals surface area contributed by atoms with Crippen molar-refractivity contribution in [2.45, 2.75) is 98.3 Å². The molecule has 0 heterocycles. The lowest BCUT2D eigenvalue weighted by Crippen LogP contribution is -2.53. The van der Waals surface area contributed by atoms with Gasteiger partial charge in [-0.15, -0.1) is 0 Å². The van der Waals surface area contributed by atoms with Gasteiger partial charge in [0.1, 0.15) is 0 Å². The van der Waals surface area contributed by atoms with Crippen LogP contribution in [0.15, 0.2) is 36.7 Å². The first-order chi connectivity index (χ1) is 14.5. The van der Waals surface area contributed by atoms with Gasteiger partial charge in [0.2, 0.25) is 0 Å². The lowest BCUT2D eigenvalue weighted by atomic mass is 9.44. The van der Waals surface area contributed by atoms with E-state index in [0.717, 1.165) is 36.1 Å². The summed E-state index contributed by atoms with van der Waals surface area (Å²) in [7, 11) is 0. The normalized spacial score (nSPS) is 42.9. The lowest BCUT2D eigenvalue weighted by molar-refractivity contribution is -0.108. The van der Waals surface area contributed by atoms with Crippen LogP contribution in [0.1, 0.15) is 98.3 Å². The number of allylic oxidation sites excluding steroid dienone is 2. The summed E-state index contributed by atoms with van der Waals surface area (Å²) in [5.41, 5.74) is 2.87. The molecule has 4 aliphatic rings. The maximum Gasteiger partial charge on any atom is 0.0256 e. The maximum absolute atomic E-state index is 4.00. The molecule has 30 heavy (non-hydrogen) atoms. The Bertz CT molecular complexity index is 674. The van der Waals surface area contributed by atoms with Crippen molar-refractivity contribution in [2.75, 3.05) is 6.54 Å². The second-order valence-corrected chi connectivity index (χ2v) is 11.7. The van der Waals surface area contributed by atoms with Gasteiger partial charge in [-0.3, -0.25) is 0 Å². The number of hydrogen-bond donors (Lipinski definition) is 0. The highest BCUT2D eigenvalue weighted by atomic mass is 15.1. The predicted octanol–water partition coefficient (Wildman–Crippen LogP) is 8.35. The molecule has 0 amide bonds. The van der Waals surface area contributed by atoms with Crippen LogP contribution < -0.4 is 0 Å². The third-order valence-corrected chi connectivity index (χ3v) is 10.4. The van der Waals surface area contributed by atoms with Crippen molar-refractivity contribution in [3.8, 4) is 0 Å². The molecule has 0 spiro atoms. The molecule has 1 nitrogen and oxygen atoms in total. The van der Waals surface area contributed by atoms with Crippen LogP contribution in [0.5, 0.6) is 0 Å². The first kappa shape index (κ1) is 22.2. The van der Waals surface area contributed by atoms with E-state index in [1.165, 1.54) is 64.2 Å². The molecule has 0 bridgehead atoms. The first-order valence-electron chi connectivity index (χ1n) is 13.2. The summed E-state index contributed by atoms with van der Waals surface area (Å²) >= 11 is 0. The smallest absolute Gasteiger partial charge is 0.0256 e. The molecule has 0 N–H and O–H groups in total. The molecule has 1 heteroatoms. The van der Waals surface area contributed by atoms with Crippen molar-refractivity contribution in [1.82, 2.24) is 4.90 Å². The van der Waals surface area contributed by atoms with Crippen molar-refractivity contribution in [1.29, 1.82) is 0 Å². The van der Waals surface area contributed by atoms with Crippen LogP contribution in [-0.4, -0.2) is 11.4 Å². The van der Waals surface area contributed by atoms with E-state index in [4.69, 9.17) is 0 Å². The average Bonchev–Trinajstić information content (AvgIpc) is 3.08. The van der Waals surface area contributed by atoms with Crippen LogP contribution in [0.4, 0.5) is 0 Å². The Morgan fingerprint density at radius 3 is 2.70 bits per heavy atom. The minimum absolute atomic E-state index is 0.465. The summed E-state index contributed by atoms with van der Waals surface area (Å²) in [5.74, 6) is 4.94. The summed E-state index contributed by atoms with van der Waals surface area (Å²) in [5, 5.41) is 0. The third-order valence-electron chi connectivity index (χ3n) is 10.4. The number of rotatable bonds is 7. The molecule has 4 rings (SSSR count). The molecule has 168 valence electrons. The van der Waals surface area contributed by atoms with Gasteiger partial charge in [0.15, 0.2) is 0 Å². The molecule has 0 radical (unpaired) electrons. The Labute approximate surface area is 187 Å². The van der Waals surface area contributed by atoms with Crippen molar-refractivity contribution >= 4 is 0 Å². The molecule has 0 aromatic carbocycles. The molecule has 3 saturated carbocycles. The van der Waals surface area contributed by atoms with E-state index in [9.17, 15) is 0 Å². The molecule has 7 unspecified atom stereocenters. The van der Waals surface area contributed by atoms with Gasteiger partial charge in [0.05, 0.1) is 0 Å². The van der Waals surface area contributed by atoms with E-state index >= 15 is 0 Å². The van der Waals surface area contributed by atoms with E-state index in [1.807, 2.05) is 6.20 Å². The van der Waals surface area contributed by atoms with Crippen molar-refractivity contribution in [2.24, 2.45) is 40.4 Å². The second-order valence-electron chi connectivity index (χ2n) is 11.7. The van der Waals surface area contributed by atoms with Crippen LogP contribution in [0.25, 0.3) is 0 Å². The highest BCUT2D eigenvalue weighted by Crippen LogP contribution is 2.67. The van der Waals surface area contributed by atoms with Crippen molar-refractivity contribution in [3.63, 3.8) is 0 Å². The third kappa shape index (κ3) is 3.73. The van der Waals surface area contributed by atoms with Gasteiger partial charge >= 0.3 is 0 Å². The minimum Gasteiger partial charge on any atom is -0.355 e. The number of nitrogens with zero attached hydrogens (tertiary/aromatic N) is 1. The lowest BCUT2D eigenvalue weighted by Gasteiger charge is -2.61. The standard InChI is InChI=1S/C29H47N/c1-6-9-22-14-17-29(5)24(21-22)10-12-25-26-13-11-23(16-20-30(8-3)19-7-2)28(26,4)18-15-27(25)29/h7-8,11,19,22,24-27H,3,6,9-10,12-18,20-21H2,1-2,4-5H3/b19-7-. The van der Waals surface area contributed by atoms with Crippen LogP contribution >= 0.6 is 0 Å². The summed E-state index contributed by atoms with van der Waals surface area (Å²) in [4.78, 5) is 2.25. The molecule has 7 atom stereocenters. The first-order valence-corrected chi connectivity index (χ1v) is 13.2. The largest absolute Gasteiger partial charge is 0.355 e. The van der Waals surface area contributed by atoms with Crippen molar-refractivity contribution in [3.05, 3.63) is 36.7 Å². The van der Waals surface area contributed by atoms with Crippen molar-refractivity contribution < 1.29 is 0 Å². The fourth-order valence-corrected chi connectivity index (χ4v) is 8.73. The van der Waals surface area contributed by atoms with Gasteiger partial charge in [-0.25, -0.2) is 0 Å². The van der Waals surface area contributed by atoms with Gasteiger partial charge in [-0.1, -0.05) is 57.9 Å². The van der Waals surface area contributed by atoms with Gasteiger partial charge in [0.25, 0.3) is 0 Å². The highest BCUT2D eigenvalue weighted by molar-refractivity contribution is 5.26. The van der Waals surface area contributed by atoms with Gasteiger partial charge < -0.3 is 4.90 Å². The van der Waals surface area contributed by atoms with E-state index in [1.54, 1.807) is 12.0 Å². The Balaban J connectivity index is 1.45. The topological polar surface area (TPSA) is 3.24 Å². The zero-order valence-electron chi connectivity index (χ0n) is 20.3. The molecule has 4 aliphatic carbocycles. The van der Waals surface area contributed by atoms with Crippen LogP contribution in [0, 0.1) is 40.4 Å². The number of fused-ring (bicyclic) bond motifs is 5. The Morgan fingerprint density at radius 1 is 1.13 bits per heavy atom. The quantitative estimate of drug-likeness (QED) is 0.382. The van der Waals surface area contributed by atoms with Gasteiger partial charge in [0, 0.05) is 6.54 Å². The molecular weight excluding hydrogens is 362 g/mol.